The summed E-state index contributed by atoms with van der Waals surface area (Å²) in [6.45, 7) is 16.6. The zero-order valence-corrected chi connectivity index (χ0v) is 14.2. The van der Waals surface area contributed by atoms with Crippen LogP contribution in [0.4, 0.5) is 0 Å². The van der Waals surface area contributed by atoms with E-state index in [4.69, 9.17) is 14.2 Å². The molecule has 118 valence electrons. The van der Waals surface area contributed by atoms with Crippen molar-refractivity contribution in [1.29, 1.82) is 0 Å². The molecule has 0 aromatic carbocycles. The summed E-state index contributed by atoms with van der Waals surface area (Å²) in [4.78, 5) is 0. The second kappa shape index (κ2) is 10.2. The molecule has 0 aromatic rings. The van der Waals surface area contributed by atoms with Crippen LogP contribution >= 0.6 is 0 Å². The van der Waals surface area contributed by atoms with Gasteiger partial charge in [0.1, 0.15) is 6.61 Å². The van der Waals surface area contributed by atoms with E-state index in [9.17, 15) is 0 Å². The molecule has 0 radical (unpaired) electrons. The van der Waals surface area contributed by atoms with Crippen LogP contribution in [-0.4, -0.2) is 39.6 Å². The van der Waals surface area contributed by atoms with Crippen molar-refractivity contribution >= 4 is 0 Å². The molecule has 0 rings (SSSR count). The van der Waals surface area contributed by atoms with Gasteiger partial charge in [0.25, 0.3) is 0 Å². The van der Waals surface area contributed by atoms with E-state index in [0.717, 1.165) is 13.0 Å². The molecular weight excluding hydrogens is 252 g/mol. The quantitative estimate of drug-likeness (QED) is 0.479. The van der Waals surface area contributed by atoms with Gasteiger partial charge in [-0.3, -0.25) is 0 Å². The molecule has 0 saturated carbocycles. The summed E-state index contributed by atoms with van der Waals surface area (Å²) in [5, 5.41) is 0. The van der Waals surface area contributed by atoms with E-state index in [1.165, 1.54) is 0 Å². The van der Waals surface area contributed by atoms with Gasteiger partial charge >= 0.3 is 0 Å². The molecular formula is C17H32O3. The lowest BCUT2D eigenvalue weighted by atomic mass is 9.93. The average molecular weight is 284 g/mol. The molecule has 0 atom stereocenters. The highest BCUT2D eigenvalue weighted by molar-refractivity contribution is 5.07. The van der Waals surface area contributed by atoms with E-state index in [0.29, 0.717) is 38.4 Å². The second-order valence-corrected chi connectivity index (χ2v) is 7.14. The van der Waals surface area contributed by atoms with Crippen molar-refractivity contribution in [2.75, 3.05) is 39.6 Å². The van der Waals surface area contributed by atoms with Crippen LogP contribution in [0.1, 0.15) is 48.0 Å². The lowest BCUT2D eigenvalue weighted by molar-refractivity contribution is 0.0154. The summed E-state index contributed by atoms with van der Waals surface area (Å²) in [6.07, 6.45) is 1.07. The topological polar surface area (TPSA) is 27.7 Å². The molecule has 0 amide bonds. The Balaban J connectivity index is 3.23. The lowest BCUT2D eigenvalue weighted by Gasteiger charge is -2.17. The first kappa shape index (κ1) is 19.4. The third-order valence-electron chi connectivity index (χ3n) is 2.38. The molecule has 0 aliphatic carbocycles. The summed E-state index contributed by atoms with van der Waals surface area (Å²) in [6, 6.07) is 0. The van der Waals surface area contributed by atoms with Crippen LogP contribution in [0.25, 0.3) is 0 Å². The first-order valence-electron chi connectivity index (χ1n) is 7.44. The Morgan fingerprint density at radius 3 is 1.70 bits per heavy atom. The van der Waals surface area contributed by atoms with E-state index in [2.05, 4.69) is 53.4 Å². The highest BCUT2D eigenvalue weighted by Gasteiger charge is 2.08. The Hall–Kier alpha value is -0.560. The van der Waals surface area contributed by atoms with E-state index in [1.54, 1.807) is 0 Å². The third kappa shape index (κ3) is 17.4. The summed E-state index contributed by atoms with van der Waals surface area (Å²) in [5.41, 5.74) is 0.382. The Labute approximate surface area is 125 Å². The molecule has 0 fully saturated rings. The van der Waals surface area contributed by atoms with Gasteiger partial charge in [0.2, 0.25) is 0 Å². The van der Waals surface area contributed by atoms with Crippen molar-refractivity contribution in [3.8, 4) is 11.8 Å². The zero-order chi connectivity index (χ0) is 15.5. The Morgan fingerprint density at radius 2 is 1.20 bits per heavy atom. The fourth-order valence-corrected chi connectivity index (χ4v) is 1.24. The van der Waals surface area contributed by atoms with Crippen molar-refractivity contribution in [1.82, 2.24) is 0 Å². The standard InChI is InChI=1S/C17H32O3/c1-16(2,3)8-7-10-18-12-14-20-15-13-19-11-9-17(4,5)6/h9-15H2,1-6H3. The molecule has 0 aromatic heterocycles. The molecule has 0 saturated heterocycles. The second-order valence-electron chi connectivity index (χ2n) is 7.14. The minimum atomic E-state index is 0.0459. The number of ether oxygens (including phenoxy) is 3. The van der Waals surface area contributed by atoms with E-state index < -0.39 is 0 Å². The molecule has 0 heterocycles. The molecule has 0 unspecified atom stereocenters. The van der Waals surface area contributed by atoms with Crippen LogP contribution in [0.15, 0.2) is 0 Å². The van der Waals surface area contributed by atoms with Gasteiger partial charge in [-0.1, -0.05) is 32.6 Å². The lowest BCUT2D eigenvalue weighted by Crippen LogP contribution is -2.13. The van der Waals surface area contributed by atoms with Crippen molar-refractivity contribution in [2.24, 2.45) is 10.8 Å². The van der Waals surface area contributed by atoms with Crippen LogP contribution in [-0.2, 0) is 14.2 Å². The van der Waals surface area contributed by atoms with Crippen LogP contribution < -0.4 is 0 Å². The summed E-state index contributed by atoms with van der Waals surface area (Å²) < 4.78 is 16.3. The Morgan fingerprint density at radius 1 is 0.700 bits per heavy atom. The van der Waals surface area contributed by atoms with E-state index in [1.807, 2.05) is 0 Å². The summed E-state index contributed by atoms with van der Waals surface area (Å²) in [5.74, 6) is 6.13. The molecule has 0 bridgehead atoms. The van der Waals surface area contributed by atoms with Gasteiger partial charge in [0.05, 0.1) is 26.4 Å². The van der Waals surface area contributed by atoms with Gasteiger partial charge in [-0.25, -0.2) is 0 Å². The summed E-state index contributed by atoms with van der Waals surface area (Å²) >= 11 is 0. The minimum absolute atomic E-state index is 0.0459. The predicted molar refractivity (Wildman–Crippen MR) is 83.8 cm³/mol. The molecule has 0 spiro atoms. The SMILES string of the molecule is CC(C)(C)C#CCOCCOCCOCCC(C)(C)C. The van der Waals surface area contributed by atoms with Gasteiger partial charge in [0, 0.05) is 12.0 Å². The Kier molecular flexibility index (Phi) is 9.92. The number of hydrogen-bond acceptors (Lipinski definition) is 3. The number of hydrogen-bond donors (Lipinski definition) is 0. The summed E-state index contributed by atoms with van der Waals surface area (Å²) in [7, 11) is 0. The van der Waals surface area contributed by atoms with Crippen molar-refractivity contribution in [3.05, 3.63) is 0 Å². The highest BCUT2D eigenvalue weighted by Crippen LogP contribution is 2.17. The Bertz CT molecular complexity index is 286. The van der Waals surface area contributed by atoms with Crippen LogP contribution in [0, 0.1) is 22.7 Å². The van der Waals surface area contributed by atoms with Crippen molar-refractivity contribution in [2.45, 2.75) is 48.0 Å². The fraction of sp³-hybridized carbons (Fsp3) is 0.882. The third-order valence-corrected chi connectivity index (χ3v) is 2.38. The van der Waals surface area contributed by atoms with Gasteiger partial charge < -0.3 is 14.2 Å². The van der Waals surface area contributed by atoms with Crippen LogP contribution in [0.2, 0.25) is 0 Å². The van der Waals surface area contributed by atoms with Gasteiger partial charge in [-0.05, 0) is 32.6 Å². The van der Waals surface area contributed by atoms with Gasteiger partial charge in [0.15, 0.2) is 0 Å². The van der Waals surface area contributed by atoms with Crippen LogP contribution in [0.3, 0.4) is 0 Å². The predicted octanol–water partition coefficient (Wildman–Crippen LogP) is 3.52. The van der Waals surface area contributed by atoms with Crippen LogP contribution in [0.5, 0.6) is 0 Å². The molecule has 20 heavy (non-hydrogen) atoms. The smallest absolute Gasteiger partial charge is 0.107 e. The zero-order valence-electron chi connectivity index (χ0n) is 14.2. The van der Waals surface area contributed by atoms with E-state index in [-0.39, 0.29) is 5.41 Å². The maximum Gasteiger partial charge on any atom is 0.107 e. The average Bonchev–Trinajstić information content (AvgIpc) is 2.27. The van der Waals surface area contributed by atoms with Crippen molar-refractivity contribution < 1.29 is 14.2 Å². The molecule has 0 aliphatic heterocycles. The molecule has 3 nitrogen and oxygen atoms in total. The molecule has 0 N–H and O–H groups in total. The fourth-order valence-electron chi connectivity index (χ4n) is 1.24. The first-order chi connectivity index (χ1) is 9.21. The van der Waals surface area contributed by atoms with Crippen molar-refractivity contribution in [3.63, 3.8) is 0 Å². The monoisotopic (exact) mass is 284 g/mol. The first-order valence-corrected chi connectivity index (χ1v) is 7.44. The maximum atomic E-state index is 5.50. The molecule has 3 heteroatoms. The minimum Gasteiger partial charge on any atom is -0.379 e. The molecule has 0 aliphatic rings. The van der Waals surface area contributed by atoms with Gasteiger partial charge in [-0.2, -0.15) is 0 Å². The number of rotatable bonds is 9. The largest absolute Gasteiger partial charge is 0.379 e. The normalized spacial score (nSPS) is 12.1. The highest BCUT2D eigenvalue weighted by atomic mass is 16.5. The maximum absolute atomic E-state index is 5.50. The van der Waals surface area contributed by atoms with Gasteiger partial charge in [-0.15, -0.1) is 0 Å². The van der Waals surface area contributed by atoms with E-state index >= 15 is 0 Å².